The standard InChI is InChI=1S/C15H24BrNO2/c1-4-18-8-5-9-19-14-6-7-15(16)13(10-14)11-17-12(2)3/h6-7,10,12,17H,4-5,8-9,11H2,1-3H3. The van der Waals surface area contributed by atoms with Gasteiger partial charge in [-0.3, -0.25) is 0 Å². The Labute approximate surface area is 124 Å². The molecule has 0 radical (unpaired) electrons. The van der Waals surface area contributed by atoms with E-state index in [4.69, 9.17) is 9.47 Å². The average molecular weight is 330 g/mol. The summed E-state index contributed by atoms with van der Waals surface area (Å²) in [6.45, 7) is 9.35. The first kappa shape index (κ1) is 16.5. The second-order valence-electron chi connectivity index (χ2n) is 4.69. The van der Waals surface area contributed by atoms with Crippen molar-refractivity contribution in [2.45, 2.75) is 39.8 Å². The predicted molar refractivity (Wildman–Crippen MR) is 82.7 cm³/mol. The van der Waals surface area contributed by atoms with Crippen LogP contribution in [0, 0.1) is 0 Å². The van der Waals surface area contributed by atoms with Gasteiger partial charge in [0.25, 0.3) is 0 Å². The van der Waals surface area contributed by atoms with Crippen molar-refractivity contribution < 1.29 is 9.47 Å². The minimum atomic E-state index is 0.475. The zero-order chi connectivity index (χ0) is 14.1. The molecule has 1 rings (SSSR count). The van der Waals surface area contributed by atoms with Crippen LogP contribution < -0.4 is 10.1 Å². The van der Waals surface area contributed by atoms with Crippen LogP contribution in [-0.4, -0.2) is 25.9 Å². The summed E-state index contributed by atoms with van der Waals surface area (Å²) in [5.74, 6) is 0.917. The molecule has 0 heterocycles. The molecule has 1 aromatic rings. The van der Waals surface area contributed by atoms with Gasteiger partial charge in [-0.1, -0.05) is 29.8 Å². The summed E-state index contributed by atoms with van der Waals surface area (Å²) in [4.78, 5) is 0. The number of nitrogens with one attached hydrogen (secondary N) is 1. The summed E-state index contributed by atoms with van der Waals surface area (Å²) in [6, 6.07) is 6.58. The molecule has 0 aliphatic heterocycles. The average Bonchev–Trinajstić information content (AvgIpc) is 2.38. The number of hydrogen-bond acceptors (Lipinski definition) is 3. The van der Waals surface area contributed by atoms with Crippen molar-refractivity contribution in [2.75, 3.05) is 19.8 Å². The highest BCUT2D eigenvalue weighted by molar-refractivity contribution is 9.10. The van der Waals surface area contributed by atoms with Gasteiger partial charge in [0.05, 0.1) is 6.61 Å². The van der Waals surface area contributed by atoms with E-state index in [1.165, 1.54) is 5.56 Å². The molecule has 0 unspecified atom stereocenters. The van der Waals surface area contributed by atoms with E-state index in [1.54, 1.807) is 0 Å². The maximum absolute atomic E-state index is 5.73. The zero-order valence-electron chi connectivity index (χ0n) is 12.0. The predicted octanol–water partition coefficient (Wildman–Crippen LogP) is 3.75. The van der Waals surface area contributed by atoms with E-state index < -0.39 is 0 Å². The number of rotatable bonds is 9. The van der Waals surface area contributed by atoms with Crippen molar-refractivity contribution in [1.29, 1.82) is 0 Å². The molecular weight excluding hydrogens is 306 g/mol. The third kappa shape index (κ3) is 6.95. The third-order valence-corrected chi connectivity index (χ3v) is 3.40. The Bertz CT molecular complexity index is 369. The van der Waals surface area contributed by atoms with Crippen molar-refractivity contribution in [3.63, 3.8) is 0 Å². The molecule has 0 atom stereocenters. The summed E-state index contributed by atoms with van der Waals surface area (Å²) < 4.78 is 12.1. The number of hydrogen-bond donors (Lipinski definition) is 1. The normalized spacial score (nSPS) is 11.0. The summed E-state index contributed by atoms with van der Waals surface area (Å²) in [7, 11) is 0. The van der Waals surface area contributed by atoms with Crippen molar-refractivity contribution in [3.05, 3.63) is 28.2 Å². The molecule has 0 fully saturated rings. The Kier molecular flexibility index (Phi) is 8.10. The highest BCUT2D eigenvalue weighted by atomic mass is 79.9. The third-order valence-electron chi connectivity index (χ3n) is 2.62. The molecule has 4 heteroatoms. The smallest absolute Gasteiger partial charge is 0.119 e. The van der Waals surface area contributed by atoms with Gasteiger partial charge in [0.2, 0.25) is 0 Å². The van der Waals surface area contributed by atoms with Gasteiger partial charge in [0.15, 0.2) is 0 Å². The molecule has 108 valence electrons. The molecule has 3 nitrogen and oxygen atoms in total. The SMILES string of the molecule is CCOCCCOc1ccc(Br)c(CNC(C)C)c1. The van der Waals surface area contributed by atoms with Gasteiger partial charge in [-0.25, -0.2) is 0 Å². The Morgan fingerprint density at radius 3 is 2.74 bits per heavy atom. The highest BCUT2D eigenvalue weighted by Crippen LogP contribution is 2.22. The lowest BCUT2D eigenvalue weighted by Gasteiger charge is -2.12. The van der Waals surface area contributed by atoms with E-state index >= 15 is 0 Å². The zero-order valence-corrected chi connectivity index (χ0v) is 13.6. The van der Waals surface area contributed by atoms with Crippen LogP contribution >= 0.6 is 15.9 Å². The molecule has 0 saturated heterocycles. The van der Waals surface area contributed by atoms with Gasteiger partial charge in [-0.2, -0.15) is 0 Å². The highest BCUT2D eigenvalue weighted by Gasteiger charge is 2.03. The molecule has 0 spiro atoms. The van der Waals surface area contributed by atoms with E-state index in [0.29, 0.717) is 12.6 Å². The molecule has 1 N–H and O–H groups in total. The first-order valence-electron chi connectivity index (χ1n) is 6.85. The second kappa shape index (κ2) is 9.34. The molecule has 0 amide bonds. The lowest BCUT2D eigenvalue weighted by atomic mass is 10.2. The Morgan fingerprint density at radius 1 is 1.26 bits per heavy atom. The fraction of sp³-hybridized carbons (Fsp3) is 0.600. The second-order valence-corrected chi connectivity index (χ2v) is 5.54. The summed E-state index contributed by atoms with van der Waals surface area (Å²) >= 11 is 3.57. The van der Waals surface area contributed by atoms with Gasteiger partial charge in [0.1, 0.15) is 5.75 Å². The summed E-state index contributed by atoms with van der Waals surface area (Å²) in [5.41, 5.74) is 1.22. The van der Waals surface area contributed by atoms with Crippen molar-refractivity contribution >= 4 is 15.9 Å². The lowest BCUT2D eigenvalue weighted by molar-refractivity contribution is 0.131. The van der Waals surface area contributed by atoms with Crippen LogP contribution in [0.3, 0.4) is 0 Å². The minimum Gasteiger partial charge on any atom is -0.493 e. The fourth-order valence-electron chi connectivity index (χ4n) is 1.59. The number of halogens is 1. The van der Waals surface area contributed by atoms with E-state index in [9.17, 15) is 0 Å². The van der Waals surface area contributed by atoms with Gasteiger partial charge in [0, 0.05) is 36.7 Å². The Morgan fingerprint density at radius 2 is 2.05 bits per heavy atom. The van der Waals surface area contributed by atoms with E-state index in [0.717, 1.165) is 36.4 Å². The maximum Gasteiger partial charge on any atom is 0.119 e. The Balaban J connectivity index is 2.43. The summed E-state index contributed by atoms with van der Waals surface area (Å²) in [5, 5.41) is 3.41. The maximum atomic E-state index is 5.73. The Hall–Kier alpha value is -0.580. The van der Waals surface area contributed by atoms with Crippen LogP contribution in [0.5, 0.6) is 5.75 Å². The number of ether oxygens (including phenoxy) is 2. The van der Waals surface area contributed by atoms with Crippen LogP contribution in [-0.2, 0) is 11.3 Å². The first-order valence-corrected chi connectivity index (χ1v) is 7.65. The quantitative estimate of drug-likeness (QED) is 0.700. The largest absolute Gasteiger partial charge is 0.493 e. The monoisotopic (exact) mass is 329 g/mol. The fourth-order valence-corrected chi connectivity index (χ4v) is 1.97. The van der Waals surface area contributed by atoms with E-state index in [2.05, 4.69) is 41.2 Å². The molecule has 19 heavy (non-hydrogen) atoms. The van der Waals surface area contributed by atoms with Gasteiger partial charge in [-0.15, -0.1) is 0 Å². The van der Waals surface area contributed by atoms with Crippen molar-refractivity contribution in [2.24, 2.45) is 0 Å². The van der Waals surface area contributed by atoms with Crippen molar-refractivity contribution in [1.82, 2.24) is 5.32 Å². The number of benzene rings is 1. The van der Waals surface area contributed by atoms with Crippen LogP contribution in [0.2, 0.25) is 0 Å². The first-order chi connectivity index (χ1) is 9.13. The lowest BCUT2D eigenvalue weighted by Crippen LogP contribution is -2.22. The van der Waals surface area contributed by atoms with Crippen molar-refractivity contribution in [3.8, 4) is 5.75 Å². The van der Waals surface area contributed by atoms with Crippen LogP contribution in [0.25, 0.3) is 0 Å². The van der Waals surface area contributed by atoms with Gasteiger partial charge >= 0.3 is 0 Å². The van der Waals surface area contributed by atoms with Crippen LogP contribution in [0.1, 0.15) is 32.8 Å². The molecular formula is C15H24BrNO2. The molecule has 1 aromatic carbocycles. The van der Waals surface area contributed by atoms with Gasteiger partial charge in [-0.05, 0) is 30.7 Å². The summed E-state index contributed by atoms with van der Waals surface area (Å²) in [6.07, 6.45) is 0.920. The van der Waals surface area contributed by atoms with Crippen LogP contribution in [0.4, 0.5) is 0 Å². The molecule has 0 aliphatic rings. The van der Waals surface area contributed by atoms with Gasteiger partial charge < -0.3 is 14.8 Å². The molecule has 0 saturated carbocycles. The topological polar surface area (TPSA) is 30.5 Å². The molecule has 0 bridgehead atoms. The van der Waals surface area contributed by atoms with E-state index in [1.807, 2.05) is 19.1 Å². The molecule has 0 aliphatic carbocycles. The van der Waals surface area contributed by atoms with E-state index in [-0.39, 0.29) is 0 Å². The minimum absolute atomic E-state index is 0.475. The molecule has 0 aromatic heterocycles. The van der Waals surface area contributed by atoms with Crippen LogP contribution in [0.15, 0.2) is 22.7 Å².